The zero-order valence-corrected chi connectivity index (χ0v) is 13.2. The van der Waals surface area contributed by atoms with Crippen molar-refractivity contribution in [1.82, 2.24) is 19.6 Å². The molecule has 0 saturated carbocycles. The third kappa shape index (κ3) is 2.97. The molecule has 3 heterocycles. The summed E-state index contributed by atoms with van der Waals surface area (Å²) in [4.78, 5) is 21.0. The van der Waals surface area contributed by atoms with Gasteiger partial charge in [0.25, 0.3) is 0 Å². The van der Waals surface area contributed by atoms with E-state index < -0.39 is 12.1 Å². The quantitative estimate of drug-likeness (QED) is 0.538. The van der Waals surface area contributed by atoms with Crippen molar-refractivity contribution in [3.63, 3.8) is 0 Å². The smallest absolute Gasteiger partial charge is 0.344 e. The summed E-state index contributed by atoms with van der Waals surface area (Å²) in [6.07, 6.45) is 7.64. The van der Waals surface area contributed by atoms with Crippen LogP contribution >= 0.6 is 0 Å². The molecule has 0 fully saturated rings. The van der Waals surface area contributed by atoms with Crippen LogP contribution in [0.3, 0.4) is 0 Å². The predicted octanol–water partition coefficient (Wildman–Crippen LogP) is 3.07. The summed E-state index contributed by atoms with van der Waals surface area (Å²) in [7, 11) is 0. The van der Waals surface area contributed by atoms with E-state index in [9.17, 15) is 4.79 Å². The lowest BCUT2D eigenvalue weighted by atomic mass is 10.0. The Balaban J connectivity index is 1.70. The highest BCUT2D eigenvalue weighted by Crippen LogP contribution is 2.27. The van der Waals surface area contributed by atoms with E-state index in [0.717, 1.165) is 11.1 Å². The Hall–Kier alpha value is -3.54. The summed E-state index contributed by atoms with van der Waals surface area (Å²) < 4.78 is 7.36. The van der Waals surface area contributed by atoms with Gasteiger partial charge in [0.1, 0.15) is 5.56 Å². The van der Waals surface area contributed by atoms with Crippen LogP contribution in [0.1, 0.15) is 27.6 Å². The number of benzene rings is 1. The Bertz CT molecular complexity index is 960. The van der Waals surface area contributed by atoms with E-state index in [2.05, 4.69) is 15.1 Å². The van der Waals surface area contributed by atoms with E-state index in [1.54, 1.807) is 35.4 Å². The van der Waals surface area contributed by atoms with Gasteiger partial charge in [0.05, 0.1) is 6.20 Å². The van der Waals surface area contributed by atoms with Gasteiger partial charge in [0, 0.05) is 30.4 Å². The monoisotopic (exact) mass is 330 g/mol. The highest BCUT2D eigenvalue weighted by atomic mass is 16.5. The molecule has 0 aliphatic carbocycles. The molecule has 4 aromatic rings. The molecule has 0 aliphatic rings. The van der Waals surface area contributed by atoms with Crippen LogP contribution in [-0.4, -0.2) is 25.6 Å². The molecule has 0 amide bonds. The summed E-state index contributed by atoms with van der Waals surface area (Å²) in [6.45, 7) is 0. The summed E-state index contributed by atoms with van der Waals surface area (Å²) >= 11 is 0. The first-order valence-electron chi connectivity index (χ1n) is 7.77. The van der Waals surface area contributed by atoms with Gasteiger partial charge in [-0.2, -0.15) is 5.10 Å². The number of pyridine rings is 1. The Morgan fingerprint density at radius 2 is 1.72 bits per heavy atom. The zero-order chi connectivity index (χ0) is 17.1. The van der Waals surface area contributed by atoms with E-state index in [1.165, 1.54) is 6.20 Å². The van der Waals surface area contributed by atoms with Crippen molar-refractivity contribution in [2.45, 2.75) is 6.10 Å². The minimum Gasteiger partial charge on any atom is -0.449 e. The number of esters is 1. The van der Waals surface area contributed by atoms with Crippen molar-refractivity contribution >= 4 is 11.6 Å². The fraction of sp³-hybridized carbons (Fsp3) is 0.0526. The Kier molecular flexibility index (Phi) is 3.92. The first-order chi connectivity index (χ1) is 12.3. The molecular weight excluding hydrogens is 316 g/mol. The summed E-state index contributed by atoms with van der Waals surface area (Å²) in [5.74, 6) is -0.473. The number of fused-ring (bicyclic) bond motifs is 1. The number of ether oxygens (including phenoxy) is 1. The summed E-state index contributed by atoms with van der Waals surface area (Å²) in [5, 5.41) is 4.14. The van der Waals surface area contributed by atoms with Gasteiger partial charge in [-0.1, -0.05) is 30.3 Å². The Labute approximate surface area is 143 Å². The molecule has 4 rings (SSSR count). The number of carbonyl (C=O) groups is 1. The molecule has 0 radical (unpaired) electrons. The molecule has 3 aromatic heterocycles. The van der Waals surface area contributed by atoms with Gasteiger partial charge in [-0.15, -0.1) is 0 Å². The topological polar surface area (TPSA) is 69.4 Å². The summed E-state index contributed by atoms with van der Waals surface area (Å²) in [5.41, 5.74) is 2.52. The molecule has 6 nitrogen and oxygen atoms in total. The summed E-state index contributed by atoms with van der Waals surface area (Å²) in [6, 6.07) is 15.0. The Morgan fingerprint density at radius 3 is 2.52 bits per heavy atom. The lowest BCUT2D eigenvalue weighted by molar-refractivity contribution is 0.0380. The van der Waals surface area contributed by atoms with Crippen molar-refractivity contribution < 1.29 is 9.53 Å². The molecule has 0 saturated heterocycles. The van der Waals surface area contributed by atoms with E-state index >= 15 is 0 Å². The van der Waals surface area contributed by atoms with Crippen LogP contribution < -0.4 is 0 Å². The third-order valence-corrected chi connectivity index (χ3v) is 3.84. The van der Waals surface area contributed by atoms with Gasteiger partial charge in [0.15, 0.2) is 11.8 Å². The largest absolute Gasteiger partial charge is 0.449 e. The van der Waals surface area contributed by atoms with E-state index in [1.807, 2.05) is 42.5 Å². The molecule has 6 heteroatoms. The fourth-order valence-corrected chi connectivity index (χ4v) is 2.64. The molecule has 0 bridgehead atoms. The van der Waals surface area contributed by atoms with Gasteiger partial charge in [-0.25, -0.2) is 14.3 Å². The molecule has 25 heavy (non-hydrogen) atoms. The third-order valence-electron chi connectivity index (χ3n) is 3.84. The highest BCUT2D eigenvalue weighted by molar-refractivity contribution is 5.95. The van der Waals surface area contributed by atoms with Crippen LogP contribution in [0.5, 0.6) is 0 Å². The molecule has 122 valence electrons. The van der Waals surface area contributed by atoms with Crippen molar-refractivity contribution in [2.24, 2.45) is 0 Å². The average molecular weight is 330 g/mol. The number of hydrogen-bond acceptors (Lipinski definition) is 5. The number of carbonyl (C=O) groups excluding carboxylic acids is 1. The van der Waals surface area contributed by atoms with E-state index in [0.29, 0.717) is 11.2 Å². The van der Waals surface area contributed by atoms with Crippen molar-refractivity contribution in [2.75, 3.05) is 0 Å². The van der Waals surface area contributed by atoms with Gasteiger partial charge in [0.2, 0.25) is 0 Å². The van der Waals surface area contributed by atoms with Gasteiger partial charge in [-0.3, -0.25) is 4.98 Å². The minimum absolute atomic E-state index is 0.329. The van der Waals surface area contributed by atoms with Gasteiger partial charge >= 0.3 is 5.97 Å². The molecule has 0 N–H and O–H groups in total. The molecule has 1 atom stereocenters. The first kappa shape index (κ1) is 15.0. The average Bonchev–Trinajstić information content (AvgIpc) is 3.11. The number of hydrogen-bond donors (Lipinski definition) is 0. The normalized spacial score (nSPS) is 12.0. The minimum atomic E-state index is -0.532. The number of rotatable bonds is 4. The maximum atomic E-state index is 12.7. The number of aromatic nitrogens is 4. The Morgan fingerprint density at radius 1 is 0.960 bits per heavy atom. The molecule has 0 aliphatic heterocycles. The molecular formula is C19H14N4O2. The van der Waals surface area contributed by atoms with Gasteiger partial charge < -0.3 is 4.74 Å². The van der Waals surface area contributed by atoms with Crippen molar-refractivity contribution in [3.8, 4) is 0 Å². The molecule has 0 spiro atoms. The van der Waals surface area contributed by atoms with Crippen LogP contribution in [0.15, 0.2) is 79.5 Å². The van der Waals surface area contributed by atoms with E-state index in [4.69, 9.17) is 4.74 Å². The van der Waals surface area contributed by atoms with Crippen LogP contribution in [0.4, 0.5) is 0 Å². The number of nitrogens with zero attached hydrogens (tertiary/aromatic N) is 4. The molecule has 1 aromatic carbocycles. The lowest BCUT2D eigenvalue weighted by Gasteiger charge is -2.18. The predicted molar refractivity (Wildman–Crippen MR) is 90.9 cm³/mol. The second-order valence-corrected chi connectivity index (χ2v) is 5.42. The van der Waals surface area contributed by atoms with Crippen molar-refractivity contribution in [3.05, 3.63) is 96.2 Å². The van der Waals surface area contributed by atoms with Crippen LogP contribution in [0.2, 0.25) is 0 Å². The SMILES string of the molecule is O=C(O[C@@H](c1ccccc1)c1ccncc1)c1cnn2cccnc12. The van der Waals surface area contributed by atoms with Gasteiger partial charge in [-0.05, 0) is 23.8 Å². The van der Waals surface area contributed by atoms with Crippen LogP contribution in [-0.2, 0) is 4.74 Å². The second-order valence-electron chi connectivity index (χ2n) is 5.42. The molecule has 0 unspecified atom stereocenters. The maximum absolute atomic E-state index is 12.7. The zero-order valence-electron chi connectivity index (χ0n) is 13.2. The fourth-order valence-electron chi connectivity index (χ4n) is 2.64. The van der Waals surface area contributed by atoms with E-state index in [-0.39, 0.29) is 0 Å². The van der Waals surface area contributed by atoms with Crippen LogP contribution in [0.25, 0.3) is 5.65 Å². The first-order valence-corrected chi connectivity index (χ1v) is 7.77. The standard InChI is InChI=1S/C19H14N4O2/c24-19(16-13-22-23-12-4-9-21-18(16)23)25-17(14-5-2-1-3-6-14)15-7-10-20-11-8-15/h1-13,17H/t17-/m0/s1. The second kappa shape index (κ2) is 6.52. The van der Waals surface area contributed by atoms with Crippen molar-refractivity contribution in [1.29, 1.82) is 0 Å². The maximum Gasteiger partial charge on any atom is 0.344 e. The highest BCUT2D eigenvalue weighted by Gasteiger charge is 2.22. The lowest BCUT2D eigenvalue weighted by Crippen LogP contribution is -2.13. The van der Waals surface area contributed by atoms with Crippen LogP contribution in [0, 0.1) is 0 Å².